The molecule has 0 aliphatic rings. The summed E-state index contributed by atoms with van der Waals surface area (Å²) in [5.41, 5.74) is 4.76. The Morgan fingerprint density at radius 3 is 2.10 bits per heavy atom. The van der Waals surface area contributed by atoms with Gasteiger partial charge >= 0.3 is 0 Å². The zero-order chi connectivity index (χ0) is 21.5. The molecule has 156 valence electrons. The van der Waals surface area contributed by atoms with Gasteiger partial charge in [0.2, 0.25) is 0 Å². The molecule has 3 nitrogen and oxygen atoms in total. The number of H-pyrrole nitrogens is 1. The zero-order valence-corrected chi connectivity index (χ0v) is 19.9. The minimum atomic E-state index is -1.97. The van der Waals surface area contributed by atoms with Crippen LogP contribution in [0.2, 0.25) is 16.6 Å². The summed E-state index contributed by atoms with van der Waals surface area (Å²) in [6.07, 6.45) is 1.94. The third-order valence-electron chi connectivity index (χ3n) is 6.50. The molecule has 0 aliphatic heterocycles. The summed E-state index contributed by atoms with van der Waals surface area (Å²) < 4.78 is 6.88. The monoisotopic (exact) mass is 416 g/mol. The molecule has 30 heavy (non-hydrogen) atoms. The number of nitrogens with one attached hydrogen (secondary N) is 1. The van der Waals surface area contributed by atoms with Crippen molar-refractivity contribution in [3.63, 3.8) is 0 Å². The molecule has 4 heteroatoms. The van der Waals surface area contributed by atoms with Gasteiger partial charge in [-0.15, -0.1) is 0 Å². The predicted octanol–water partition coefficient (Wildman–Crippen LogP) is 7.94. The highest BCUT2D eigenvalue weighted by Crippen LogP contribution is 2.43. The van der Waals surface area contributed by atoms with Crippen LogP contribution in [0.1, 0.15) is 41.5 Å². The maximum Gasteiger partial charge on any atom is 0.258 e. The fraction of sp³-hybridized carbons (Fsp3) is 0.346. The third kappa shape index (κ3) is 3.54. The van der Waals surface area contributed by atoms with Gasteiger partial charge in [0.05, 0.1) is 11.4 Å². The van der Waals surface area contributed by atoms with Crippen molar-refractivity contribution in [2.45, 2.75) is 58.2 Å². The van der Waals surface area contributed by atoms with Crippen molar-refractivity contribution in [3.8, 4) is 17.1 Å². The maximum atomic E-state index is 6.88. The highest BCUT2D eigenvalue weighted by molar-refractivity contribution is 6.78. The molecule has 0 fully saturated rings. The third-order valence-corrected chi connectivity index (χ3v) is 12.5. The second-order valence-electron chi connectivity index (χ2n) is 9.27. The van der Waals surface area contributed by atoms with E-state index in [0.29, 0.717) is 16.6 Å². The summed E-state index contributed by atoms with van der Waals surface area (Å²) in [6, 6.07) is 19.1. The van der Waals surface area contributed by atoms with Crippen LogP contribution in [0.15, 0.2) is 60.8 Å². The van der Waals surface area contributed by atoms with Gasteiger partial charge in [-0.3, -0.25) is 4.98 Å². The SMILES string of the molecule is CC(C)[Si](Oc1ccc2[nH]c(-c3cc4ccccc4cn3)cc2c1)(C(C)C)C(C)C. The van der Waals surface area contributed by atoms with E-state index in [1.54, 1.807) is 0 Å². The fourth-order valence-electron chi connectivity index (χ4n) is 5.10. The van der Waals surface area contributed by atoms with Gasteiger partial charge < -0.3 is 9.41 Å². The Hall–Kier alpha value is -2.59. The second-order valence-corrected chi connectivity index (χ2v) is 14.6. The summed E-state index contributed by atoms with van der Waals surface area (Å²) in [7, 11) is -1.97. The summed E-state index contributed by atoms with van der Waals surface area (Å²) >= 11 is 0. The van der Waals surface area contributed by atoms with Gasteiger partial charge in [-0.2, -0.15) is 0 Å². The quantitative estimate of drug-likeness (QED) is 0.324. The van der Waals surface area contributed by atoms with Crippen molar-refractivity contribution in [2.75, 3.05) is 0 Å². The van der Waals surface area contributed by atoms with Crippen molar-refractivity contribution in [1.82, 2.24) is 9.97 Å². The topological polar surface area (TPSA) is 37.9 Å². The molecule has 2 heterocycles. The van der Waals surface area contributed by atoms with E-state index in [9.17, 15) is 0 Å². The molecule has 0 saturated heterocycles. The molecule has 0 amide bonds. The van der Waals surface area contributed by atoms with E-state index in [4.69, 9.17) is 4.43 Å². The van der Waals surface area contributed by atoms with Crippen molar-refractivity contribution in [1.29, 1.82) is 0 Å². The van der Waals surface area contributed by atoms with Crippen LogP contribution in [0.3, 0.4) is 0 Å². The number of rotatable bonds is 6. The van der Waals surface area contributed by atoms with E-state index in [1.807, 2.05) is 12.3 Å². The number of aromatic amines is 1. The molecule has 0 saturated carbocycles. The first kappa shape index (κ1) is 20.7. The van der Waals surface area contributed by atoms with Gasteiger partial charge in [-0.1, -0.05) is 65.8 Å². The zero-order valence-electron chi connectivity index (χ0n) is 18.9. The smallest absolute Gasteiger partial charge is 0.258 e. The number of fused-ring (bicyclic) bond motifs is 2. The standard InChI is InChI=1S/C26H32N2OSi/c1-17(2)30(18(3)4,19(5)6)29-23-11-12-24-22(13-23)15-26(28-24)25-14-20-9-7-8-10-21(20)16-27-25/h7-19,28H,1-6H3. The Balaban J connectivity index is 1.71. The lowest BCUT2D eigenvalue weighted by atomic mass is 10.1. The molecule has 1 N–H and O–H groups in total. The first-order chi connectivity index (χ1) is 14.3. The van der Waals surface area contributed by atoms with Crippen molar-refractivity contribution < 1.29 is 4.43 Å². The molecule has 4 aromatic rings. The van der Waals surface area contributed by atoms with E-state index in [2.05, 4.69) is 100 Å². The van der Waals surface area contributed by atoms with Crippen LogP contribution >= 0.6 is 0 Å². The molecule has 2 aromatic heterocycles. The molecule has 4 rings (SSSR count). The maximum absolute atomic E-state index is 6.88. The first-order valence-electron chi connectivity index (χ1n) is 11.0. The Morgan fingerprint density at radius 1 is 0.767 bits per heavy atom. The predicted molar refractivity (Wildman–Crippen MR) is 131 cm³/mol. The average Bonchev–Trinajstić information content (AvgIpc) is 3.14. The van der Waals surface area contributed by atoms with Gasteiger partial charge in [0, 0.05) is 22.5 Å². The Labute approximate surface area is 180 Å². The van der Waals surface area contributed by atoms with Crippen LogP contribution in [0.4, 0.5) is 0 Å². The van der Waals surface area contributed by atoms with Crippen LogP contribution < -0.4 is 4.43 Å². The van der Waals surface area contributed by atoms with Gasteiger partial charge in [0.1, 0.15) is 5.75 Å². The number of nitrogens with zero attached hydrogens (tertiary/aromatic N) is 1. The normalized spacial score (nSPS) is 12.6. The van der Waals surface area contributed by atoms with E-state index in [0.717, 1.165) is 33.4 Å². The van der Waals surface area contributed by atoms with Crippen molar-refractivity contribution in [2.24, 2.45) is 0 Å². The number of aromatic nitrogens is 2. The van der Waals surface area contributed by atoms with E-state index >= 15 is 0 Å². The molecule has 0 unspecified atom stereocenters. The van der Waals surface area contributed by atoms with E-state index < -0.39 is 8.32 Å². The Bertz CT molecular complexity index is 1150. The molecular formula is C26H32N2OSi. The number of pyridine rings is 1. The fourth-order valence-corrected chi connectivity index (χ4v) is 10.3. The largest absolute Gasteiger partial charge is 0.543 e. The first-order valence-corrected chi connectivity index (χ1v) is 13.1. The van der Waals surface area contributed by atoms with Crippen LogP contribution in [0.5, 0.6) is 5.75 Å². The Kier molecular flexibility index (Phi) is 5.45. The summed E-state index contributed by atoms with van der Waals surface area (Å²) in [5, 5.41) is 3.52. The van der Waals surface area contributed by atoms with Crippen molar-refractivity contribution in [3.05, 3.63) is 60.8 Å². The second kappa shape index (κ2) is 7.92. The molecule has 0 aliphatic carbocycles. The number of hydrogen-bond acceptors (Lipinski definition) is 2. The highest BCUT2D eigenvalue weighted by Gasteiger charge is 2.47. The van der Waals surface area contributed by atoms with Crippen molar-refractivity contribution >= 4 is 30.0 Å². The number of hydrogen-bond donors (Lipinski definition) is 1. The van der Waals surface area contributed by atoms with E-state index in [-0.39, 0.29) is 0 Å². The van der Waals surface area contributed by atoms with Crippen LogP contribution in [-0.2, 0) is 0 Å². The lowest BCUT2D eigenvalue weighted by Gasteiger charge is -2.42. The van der Waals surface area contributed by atoms with Gasteiger partial charge in [0.15, 0.2) is 0 Å². The molecule has 0 bridgehead atoms. The average molecular weight is 417 g/mol. The van der Waals surface area contributed by atoms with Gasteiger partial charge in [0.25, 0.3) is 8.32 Å². The summed E-state index contributed by atoms with van der Waals surface area (Å²) in [5.74, 6) is 0.988. The van der Waals surface area contributed by atoms with Crippen LogP contribution in [0, 0.1) is 0 Å². The van der Waals surface area contributed by atoms with Gasteiger partial charge in [-0.25, -0.2) is 0 Å². The van der Waals surface area contributed by atoms with Crippen LogP contribution in [0.25, 0.3) is 33.1 Å². The van der Waals surface area contributed by atoms with Gasteiger partial charge in [-0.05, 0) is 52.3 Å². The molecule has 0 atom stereocenters. The Morgan fingerprint density at radius 2 is 1.43 bits per heavy atom. The highest BCUT2D eigenvalue weighted by atomic mass is 28.4. The minimum Gasteiger partial charge on any atom is -0.543 e. The summed E-state index contributed by atoms with van der Waals surface area (Å²) in [6.45, 7) is 13.9. The molecular weight excluding hydrogens is 384 g/mol. The number of benzene rings is 2. The minimum absolute atomic E-state index is 0.553. The molecule has 2 aromatic carbocycles. The summed E-state index contributed by atoms with van der Waals surface area (Å²) in [4.78, 5) is 8.20. The lowest BCUT2D eigenvalue weighted by molar-refractivity contribution is 0.480. The molecule has 0 spiro atoms. The van der Waals surface area contributed by atoms with Crippen LogP contribution in [-0.4, -0.2) is 18.3 Å². The van der Waals surface area contributed by atoms with E-state index in [1.165, 1.54) is 5.39 Å². The lowest BCUT2D eigenvalue weighted by Crippen LogP contribution is -2.50. The molecule has 0 radical (unpaired) electrons.